The SMILES string of the molecule is COc1ccc(Cn2cnc3c2CCNC3)cc1C. The van der Waals surface area contributed by atoms with Gasteiger partial charge in [-0.2, -0.15) is 0 Å². The van der Waals surface area contributed by atoms with E-state index in [2.05, 4.69) is 33.9 Å². The molecule has 1 N–H and O–H groups in total. The minimum absolute atomic E-state index is 0.882. The second-order valence-electron chi connectivity index (χ2n) is 5.00. The van der Waals surface area contributed by atoms with Crippen molar-refractivity contribution in [3.8, 4) is 5.75 Å². The zero-order valence-corrected chi connectivity index (χ0v) is 11.4. The smallest absolute Gasteiger partial charge is 0.121 e. The second kappa shape index (κ2) is 5.05. The molecule has 0 radical (unpaired) electrons. The van der Waals surface area contributed by atoms with Crippen molar-refractivity contribution >= 4 is 0 Å². The lowest BCUT2D eigenvalue weighted by Crippen LogP contribution is -2.25. The molecular formula is C15H19N3O. The molecule has 0 aliphatic carbocycles. The van der Waals surface area contributed by atoms with Crippen LogP contribution in [0.3, 0.4) is 0 Å². The fourth-order valence-electron chi connectivity index (χ4n) is 2.67. The summed E-state index contributed by atoms with van der Waals surface area (Å²) < 4.78 is 7.56. The molecule has 2 aromatic rings. The van der Waals surface area contributed by atoms with Gasteiger partial charge in [0.25, 0.3) is 0 Å². The predicted octanol–water partition coefficient (Wildman–Crippen LogP) is 1.89. The lowest BCUT2D eigenvalue weighted by molar-refractivity contribution is 0.411. The van der Waals surface area contributed by atoms with E-state index in [1.165, 1.54) is 22.5 Å². The Hall–Kier alpha value is -1.81. The molecule has 1 aliphatic rings. The fraction of sp³-hybridized carbons (Fsp3) is 0.400. The summed E-state index contributed by atoms with van der Waals surface area (Å²) in [5, 5.41) is 3.35. The highest BCUT2D eigenvalue weighted by atomic mass is 16.5. The predicted molar refractivity (Wildman–Crippen MR) is 74.5 cm³/mol. The Balaban J connectivity index is 1.85. The molecule has 0 fully saturated rings. The van der Waals surface area contributed by atoms with E-state index in [4.69, 9.17) is 4.74 Å². The highest BCUT2D eigenvalue weighted by molar-refractivity contribution is 5.36. The number of aromatic nitrogens is 2. The van der Waals surface area contributed by atoms with Crippen LogP contribution in [0.2, 0.25) is 0 Å². The number of methoxy groups -OCH3 is 1. The van der Waals surface area contributed by atoms with E-state index in [-0.39, 0.29) is 0 Å². The van der Waals surface area contributed by atoms with Gasteiger partial charge in [0.2, 0.25) is 0 Å². The molecule has 0 saturated carbocycles. The molecule has 0 atom stereocenters. The maximum absolute atomic E-state index is 5.30. The summed E-state index contributed by atoms with van der Waals surface area (Å²) in [5.41, 5.74) is 5.02. The largest absolute Gasteiger partial charge is 0.496 e. The van der Waals surface area contributed by atoms with Crippen molar-refractivity contribution < 1.29 is 4.74 Å². The molecule has 1 aromatic heterocycles. The van der Waals surface area contributed by atoms with Crippen LogP contribution in [0.25, 0.3) is 0 Å². The van der Waals surface area contributed by atoms with Crippen molar-refractivity contribution in [3.05, 3.63) is 47.0 Å². The molecule has 0 bridgehead atoms. The van der Waals surface area contributed by atoms with Crippen molar-refractivity contribution in [3.63, 3.8) is 0 Å². The van der Waals surface area contributed by atoms with Crippen molar-refractivity contribution in [2.24, 2.45) is 0 Å². The van der Waals surface area contributed by atoms with Gasteiger partial charge in [-0.3, -0.25) is 0 Å². The molecule has 3 rings (SSSR count). The third kappa shape index (κ3) is 2.36. The number of aryl methyl sites for hydroxylation is 1. The van der Waals surface area contributed by atoms with Gasteiger partial charge in [0.05, 0.1) is 19.1 Å². The summed E-state index contributed by atoms with van der Waals surface area (Å²) in [6.07, 6.45) is 3.02. The number of benzene rings is 1. The first-order valence-electron chi connectivity index (χ1n) is 6.65. The minimum Gasteiger partial charge on any atom is -0.496 e. The van der Waals surface area contributed by atoms with Gasteiger partial charge in [0, 0.05) is 31.7 Å². The van der Waals surface area contributed by atoms with Crippen LogP contribution in [0.1, 0.15) is 22.5 Å². The first-order chi connectivity index (χ1) is 9.28. The first-order valence-corrected chi connectivity index (χ1v) is 6.65. The van der Waals surface area contributed by atoms with Gasteiger partial charge in [-0.1, -0.05) is 12.1 Å². The Bertz CT molecular complexity index is 589. The van der Waals surface area contributed by atoms with Gasteiger partial charge in [-0.05, 0) is 24.1 Å². The van der Waals surface area contributed by atoms with Gasteiger partial charge in [-0.25, -0.2) is 4.98 Å². The number of nitrogens with zero attached hydrogens (tertiary/aromatic N) is 2. The zero-order chi connectivity index (χ0) is 13.2. The summed E-state index contributed by atoms with van der Waals surface area (Å²) in [6, 6.07) is 6.35. The third-order valence-electron chi connectivity index (χ3n) is 3.68. The maximum atomic E-state index is 5.30. The molecule has 0 amide bonds. The number of hydrogen-bond donors (Lipinski definition) is 1. The highest BCUT2D eigenvalue weighted by Gasteiger charge is 2.14. The number of fused-ring (bicyclic) bond motifs is 1. The lowest BCUT2D eigenvalue weighted by Gasteiger charge is -2.15. The standard InChI is InChI=1S/C15H19N3O/c1-11-7-12(3-4-15(11)19-2)9-18-10-17-13-8-16-6-5-14(13)18/h3-4,7,10,16H,5-6,8-9H2,1-2H3. The van der Waals surface area contributed by atoms with Gasteiger partial charge >= 0.3 is 0 Å². The van der Waals surface area contributed by atoms with Crippen LogP contribution in [0.4, 0.5) is 0 Å². The van der Waals surface area contributed by atoms with Crippen LogP contribution in [0.5, 0.6) is 5.75 Å². The zero-order valence-electron chi connectivity index (χ0n) is 11.4. The number of hydrogen-bond acceptors (Lipinski definition) is 3. The van der Waals surface area contributed by atoms with Crippen molar-refractivity contribution in [1.82, 2.24) is 14.9 Å². The van der Waals surface area contributed by atoms with Crippen molar-refractivity contribution in [2.75, 3.05) is 13.7 Å². The molecule has 19 heavy (non-hydrogen) atoms. The monoisotopic (exact) mass is 257 g/mol. The molecule has 0 saturated heterocycles. The Labute approximate surface area is 113 Å². The van der Waals surface area contributed by atoms with E-state index < -0.39 is 0 Å². The molecule has 1 aliphatic heterocycles. The molecule has 2 heterocycles. The van der Waals surface area contributed by atoms with Gasteiger partial charge in [0.15, 0.2) is 0 Å². The van der Waals surface area contributed by atoms with Gasteiger partial charge in [0.1, 0.15) is 5.75 Å². The Morgan fingerprint density at radius 2 is 2.32 bits per heavy atom. The molecule has 0 spiro atoms. The average Bonchev–Trinajstić information content (AvgIpc) is 2.83. The summed E-state index contributed by atoms with van der Waals surface area (Å²) in [4.78, 5) is 4.48. The third-order valence-corrected chi connectivity index (χ3v) is 3.68. The minimum atomic E-state index is 0.882. The normalized spacial score (nSPS) is 14.2. The van der Waals surface area contributed by atoms with Crippen LogP contribution in [-0.2, 0) is 19.5 Å². The van der Waals surface area contributed by atoms with Crippen LogP contribution in [0.15, 0.2) is 24.5 Å². The Morgan fingerprint density at radius 3 is 3.11 bits per heavy atom. The lowest BCUT2D eigenvalue weighted by atomic mass is 10.1. The van der Waals surface area contributed by atoms with Crippen LogP contribution in [0, 0.1) is 6.92 Å². The van der Waals surface area contributed by atoms with E-state index in [1.54, 1.807) is 7.11 Å². The van der Waals surface area contributed by atoms with E-state index in [0.29, 0.717) is 0 Å². The maximum Gasteiger partial charge on any atom is 0.121 e. The van der Waals surface area contributed by atoms with Crippen molar-refractivity contribution in [1.29, 1.82) is 0 Å². The summed E-state index contributed by atoms with van der Waals surface area (Å²) in [6.45, 7) is 4.90. The summed E-state index contributed by atoms with van der Waals surface area (Å²) in [5.74, 6) is 0.945. The van der Waals surface area contributed by atoms with E-state index in [1.807, 2.05) is 12.4 Å². The molecule has 1 aromatic carbocycles. The van der Waals surface area contributed by atoms with Crippen molar-refractivity contribution in [2.45, 2.75) is 26.4 Å². The topological polar surface area (TPSA) is 39.1 Å². The molecule has 0 unspecified atom stereocenters. The molecule has 100 valence electrons. The summed E-state index contributed by atoms with van der Waals surface area (Å²) >= 11 is 0. The fourth-order valence-corrected chi connectivity index (χ4v) is 2.67. The number of nitrogens with one attached hydrogen (secondary N) is 1. The number of rotatable bonds is 3. The van der Waals surface area contributed by atoms with Crippen LogP contribution in [-0.4, -0.2) is 23.2 Å². The van der Waals surface area contributed by atoms with Crippen LogP contribution < -0.4 is 10.1 Å². The quantitative estimate of drug-likeness (QED) is 0.912. The number of ether oxygens (including phenoxy) is 1. The molecule has 4 heteroatoms. The van der Waals surface area contributed by atoms with E-state index in [0.717, 1.165) is 31.8 Å². The first kappa shape index (κ1) is 12.2. The molecule has 4 nitrogen and oxygen atoms in total. The number of imidazole rings is 1. The highest BCUT2D eigenvalue weighted by Crippen LogP contribution is 2.20. The van der Waals surface area contributed by atoms with Gasteiger partial charge < -0.3 is 14.6 Å². The second-order valence-corrected chi connectivity index (χ2v) is 5.00. The molecular weight excluding hydrogens is 238 g/mol. The Morgan fingerprint density at radius 1 is 1.42 bits per heavy atom. The summed E-state index contributed by atoms with van der Waals surface area (Å²) in [7, 11) is 1.71. The Kier molecular flexibility index (Phi) is 3.25. The van der Waals surface area contributed by atoms with E-state index >= 15 is 0 Å². The average molecular weight is 257 g/mol. The van der Waals surface area contributed by atoms with Crippen LogP contribution >= 0.6 is 0 Å². The van der Waals surface area contributed by atoms with E-state index in [9.17, 15) is 0 Å². The van der Waals surface area contributed by atoms with Gasteiger partial charge in [-0.15, -0.1) is 0 Å².